The molecular weight excluding hydrogens is 463 g/mol. The minimum absolute atomic E-state index is 0.0148. The number of halogens is 2. The van der Waals surface area contributed by atoms with Crippen LogP contribution in [0, 0.1) is 6.92 Å². The van der Waals surface area contributed by atoms with E-state index in [9.17, 15) is 18.0 Å². The minimum atomic E-state index is -3.90. The smallest absolute Gasteiger partial charge is 0.308 e. The van der Waals surface area contributed by atoms with E-state index in [2.05, 4.69) is 5.32 Å². The van der Waals surface area contributed by atoms with Gasteiger partial charge >= 0.3 is 5.97 Å². The van der Waals surface area contributed by atoms with E-state index in [1.165, 1.54) is 20.2 Å². The van der Waals surface area contributed by atoms with Crippen LogP contribution in [-0.2, 0) is 19.6 Å². The number of aryl methyl sites for hydroxylation is 1. The molecule has 2 aromatic carbocycles. The summed E-state index contributed by atoms with van der Waals surface area (Å²) in [5.41, 5.74) is 1.63. The maximum atomic E-state index is 13.0. The quantitative estimate of drug-likeness (QED) is 0.569. The second kappa shape index (κ2) is 10.5. The zero-order chi connectivity index (χ0) is 23.3. The van der Waals surface area contributed by atoms with Gasteiger partial charge in [0, 0.05) is 14.1 Å². The molecule has 0 bridgehead atoms. The van der Waals surface area contributed by atoms with Crippen molar-refractivity contribution in [2.75, 3.05) is 20.7 Å². The van der Waals surface area contributed by atoms with Gasteiger partial charge in [0.1, 0.15) is 4.90 Å². The third-order valence-corrected chi connectivity index (χ3v) is 7.08. The first kappa shape index (κ1) is 25.1. The predicted molar refractivity (Wildman–Crippen MR) is 120 cm³/mol. The van der Waals surface area contributed by atoms with E-state index >= 15 is 0 Å². The number of ether oxygens (including phenoxy) is 1. The van der Waals surface area contributed by atoms with E-state index < -0.39 is 27.9 Å². The molecule has 0 aliphatic carbocycles. The van der Waals surface area contributed by atoms with E-state index in [0.717, 1.165) is 15.9 Å². The number of nitrogens with one attached hydrogen (secondary N) is 1. The zero-order valence-electron chi connectivity index (χ0n) is 17.6. The van der Waals surface area contributed by atoms with E-state index in [1.807, 2.05) is 19.1 Å². The van der Waals surface area contributed by atoms with Crippen LogP contribution in [0.5, 0.6) is 0 Å². The molecule has 1 amide bonds. The average molecular weight is 487 g/mol. The summed E-state index contributed by atoms with van der Waals surface area (Å²) < 4.78 is 31.1. The second-order valence-corrected chi connectivity index (χ2v) is 9.93. The molecule has 31 heavy (non-hydrogen) atoms. The molecule has 168 valence electrons. The highest BCUT2D eigenvalue weighted by Gasteiger charge is 2.26. The topological polar surface area (TPSA) is 92.8 Å². The molecule has 0 fully saturated rings. The predicted octanol–water partition coefficient (Wildman–Crippen LogP) is 3.98. The molecule has 2 aromatic rings. The maximum absolute atomic E-state index is 13.0. The Labute approximate surface area is 192 Å². The van der Waals surface area contributed by atoms with Crippen molar-refractivity contribution < 1.29 is 22.7 Å². The van der Waals surface area contributed by atoms with Crippen LogP contribution in [0.15, 0.2) is 41.3 Å². The van der Waals surface area contributed by atoms with Gasteiger partial charge in [-0.15, -0.1) is 0 Å². The molecule has 0 aromatic heterocycles. The third-order valence-electron chi connectivity index (χ3n) is 4.49. The average Bonchev–Trinajstić information content (AvgIpc) is 2.67. The Balaban J connectivity index is 2.42. The number of benzene rings is 2. The lowest BCUT2D eigenvalue weighted by atomic mass is 10.0. The van der Waals surface area contributed by atoms with Gasteiger partial charge in [0.25, 0.3) is 5.91 Å². The van der Waals surface area contributed by atoms with Gasteiger partial charge in [-0.05, 0) is 31.5 Å². The van der Waals surface area contributed by atoms with E-state index in [1.54, 1.807) is 19.1 Å². The Hall–Kier alpha value is -2.13. The fraction of sp³-hybridized carbons (Fsp3) is 0.333. The van der Waals surface area contributed by atoms with Crippen molar-refractivity contribution in [3.05, 3.63) is 63.1 Å². The SMILES string of the molecule is CCOC(=O)C[C@H](NC(=O)c1cc(S(=O)(=O)N(C)C)c(Cl)cc1Cl)c1ccc(C)cc1. The number of esters is 1. The first-order valence-electron chi connectivity index (χ1n) is 9.42. The van der Waals surface area contributed by atoms with Crippen molar-refractivity contribution in [3.8, 4) is 0 Å². The zero-order valence-corrected chi connectivity index (χ0v) is 19.9. The van der Waals surface area contributed by atoms with Gasteiger partial charge in [-0.25, -0.2) is 12.7 Å². The molecule has 1 atom stereocenters. The van der Waals surface area contributed by atoms with Gasteiger partial charge in [-0.1, -0.05) is 53.0 Å². The molecule has 0 spiro atoms. The summed E-state index contributed by atoms with van der Waals surface area (Å²) in [4.78, 5) is 24.9. The van der Waals surface area contributed by atoms with Crippen molar-refractivity contribution in [3.63, 3.8) is 0 Å². The van der Waals surface area contributed by atoms with Crippen LogP contribution in [0.1, 0.15) is 40.9 Å². The van der Waals surface area contributed by atoms with Gasteiger partial charge in [-0.3, -0.25) is 9.59 Å². The minimum Gasteiger partial charge on any atom is -0.466 e. The normalized spacial score (nSPS) is 12.5. The summed E-state index contributed by atoms with van der Waals surface area (Å²) in [6.45, 7) is 3.82. The first-order valence-corrected chi connectivity index (χ1v) is 11.6. The molecule has 2 rings (SSSR count). The Bertz CT molecular complexity index is 1070. The van der Waals surface area contributed by atoms with Crippen molar-refractivity contribution in [2.24, 2.45) is 0 Å². The summed E-state index contributed by atoms with van der Waals surface area (Å²) >= 11 is 12.3. The number of hydrogen-bond acceptors (Lipinski definition) is 5. The molecule has 0 aliphatic heterocycles. The van der Waals surface area contributed by atoms with Crippen LogP contribution in [0.2, 0.25) is 10.0 Å². The van der Waals surface area contributed by atoms with Crippen molar-refractivity contribution >= 4 is 45.1 Å². The van der Waals surface area contributed by atoms with Gasteiger partial charge in [0.05, 0.1) is 34.7 Å². The number of hydrogen-bond donors (Lipinski definition) is 1. The van der Waals surface area contributed by atoms with Gasteiger partial charge in [0.15, 0.2) is 0 Å². The van der Waals surface area contributed by atoms with Crippen LogP contribution in [-0.4, -0.2) is 45.3 Å². The second-order valence-electron chi connectivity index (χ2n) is 7.00. The number of nitrogens with zero attached hydrogens (tertiary/aromatic N) is 1. The van der Waals surface area contributed by atoms with Crippen LogP contribution >= 0.6 is 23.2 Å². The lowest BCUT2D eigenvalue weighted by molar-refractivity contribution is -0.143. The molecule has 0 aliphatic rings. The Kier molecular flexibility index (Phi) is 8.48. The van der Waals surface area contributed by atoms with E-state index in [0.29, 0.717) is 5.56 Å². The first-order chi connectivity index (χ1) is 14.5. The number of amides is 1. The Morgan fingerprint density at radius 2 is 1.71 bits per heavy atom. The highest BCUT2D eigenvalue weighted by atomic mass is 35.5. The molecular formula is C21H24Cl2N2O5S. The maximum Gasteiger partial charge on any atom is 0.308 e. The molecule has 7 nitrogen and oxygen atoms in total. The summed E-state index contributed by atoms with van der Waals surface area (Å²) in [6, 6.07) is 8.95. The molecule has 0 unspecified atom stereocenters. The highest BCUT2D eigenvalue weighted by molar-refractivity contribution is 7.89. The number of rotatable bonds is 8. The lowest BCUT2D eigenvalue weighted by Crippen LogP contribution is -2.31. The number of carbonyl (C=O) groups excluding carboxylic acids is 2. The van der Waals surface area contributed by atoms with E-state index in [-0.39, 0.29) is 33.5 Å². The van der Waals surface area contributed by atoms with Crippen molar-refractivity contribution in [1.82, 2.24) is 9.62 Å². The molecule has 0 saturated heterocycles. The van der Waals surface area contributed by atoms with Crippen molar-refractivity contribution in [2.45, 2.75) is 31.2 Å². The summed E-state index contributed by atoms with van der Waals surface area (Å²) in [6.07, 6.45) is -0.100. The van der Waals surface area contributed by atoms with Crippen LogP contribution in [0.3, 0.4) is 0 Å². The molecule has 0 saturated carbocycles. The van der Waals surface area contributed by atoms with Crippen LogP contribution in [0.25, 0.3) is 0 Å². The fourth-order valence-electron chi connectivity index (χ4n) is 2.77. The van der Waals surface area contributed by atoms with E-state index in [4.69, 9.17) is 27.9 Å². The summed E-state index contributed by atoms with van der Waals surface area (Å²) in [7, 11) is -1.20. The highest BCUT2D eigenvalue weighted by Crippen LogP contribution is 2.30. The van der Waals surface area contributed by atoms with Crippen LogP contribution < -0.4 is 5.32 Å². The molecule has 0 heterocycles. The van der Waals surface area contributed by atoms with Crippen molar-refractivity contribution in [1.29, 1.82) is 0 Å². The van der Waals surface area contributed by atoms with Gasteiger partial charge in [-0.2, -0.15) is 0 Å². The van der Waals surface area contributed by atoms with Gasteiger partial charge in [0.2, 0.25) is 10.0 Å². The Morgan fingerprint density at radius 1 is 1.10 bits per heavy atom. The largest absolute Gasteiger partial charge is 0.466 e. The number of sulfonamides is 1. The Morgan fingerprint density at radius 3 is 2.26 bits per heavy atom. The molecule has 1 N–H and O–H groups in total. The monoisotopic (exact) mass is 486 g/mol. The van der Waals surface area contributed by atoms with Gasteiger partial charge < -0.3 is 10.1 Å². The van der Waals surface area contributed by atoms with Crippen LogP contribution in [0.4, 0.5) is 0 Å². The standard InChI is InChI=1S/C21H24Cl2N2O5S/c1-5-30-20(26)12-18(14-8-6-13(2)7-9-14)24-21(27)15-10-19(17(23)11-16(15)22)31(28,29)25(3)4/h6-11,18H,5,12H2,1-4H3,(H,24,27)/t18-/m0/s1. The lowest BCUT2D eigenvalue weighted by Gasteiger charge is -2.20. The summed E-state index contributed by atoms with van der Waals surface area (Å²) in [5.74, 6) is -1.13. The number of carbonyl (C=O) groups is 2. The molecule has 0 radical (unpaired) electrons. The third kappa shape index (κ3) is 6.20. The fourth-order valence-corrected chi connectivity index (χ4v) is 4.50. The molecule has 10 heteroatoms. The summed E-state index contributed by atoms with van der Waals surface area (Å²) in [5, 5.41) is 2.64.